The van der Waals surface area contributed by atoms with E-state index in [9.17, 15) is 13.6 Å². The van der Waals surface area contributed by atoms with Crippen LogP contribution in [0, 0.1) is 0 Å². The summed E-state index contributed by atoms with van der Waals surface area (Å²) in [6.45, 7) is 0.784. The van der Waals surface area contributed by atoms with Gasteiger partial charge in [0.05, 0.1) is 0 Å². The van der Waals surface area contributed by atoms with Crippen LogP contribution in [0.3, 0.4) is 0 Å². The zero-order chi connectivity index (χ0) is 15.1. The number of anilines is 1. The molecule has 9 heteroatoms. The smallest absolute Gasteiger partial charge is 0.288 e. The van der Waals surface area contributed by atoms with Crippen molar-refractivity contribution >= 4 is 35.0 Å². The zero-order valence-corrected chi connectivity index (χ0v) is 12.4. The number of rotatable bonds is 7. The van der Waals surface area contributed by atoms with Crippen LogP contribution in [0.1, 0.15) is 9.67 Å². The maximum Gasteiger partial charge on any atom is 0.288 e. The van der Waals surface area contributed by atoms with Crippen molar-refractivity contribution in [3.05, 3.63) is 34.8 Å². The van der Waals surface area contributed by atoms with E-state index in [1.54, 1.807) is 23.8 Å². The molecule has 0 aliphatic heterocycles. The van der Waals surface area contributed by atoms with E-state index in [-0.39, 0.29) is 5.91 Å². The Balaban J connectivity index is 1.78. The number of amides is 1. The second-order valence-electron chi connectivity index (χ2n) is 3.75. The van der Waals surface area contributed by atoms with E-state index in [1.807, 2.05) is 0 Å². The van der Waals surface area contributed by atoms with Gasteiger partial charge in [0.25, 0.3) is 11.7 Å². The Labute approximate surface area is 128 Å². The minimum absolute atomic E-state index is 0.298. The number of aromatic nitrogens is 2. The van der Waals surface area contributed by atoms with Crippen molar-refractivity contribution in [2.45, 2.75) is 10.7 Å². The molecule has 0 aromatic carbocycles. The number of hydrogen-bond acceptors (Lipinski definition) is 6. The summed E-state index contributed by atoms with van der Waals surface area (Å²) in [6, 6.07) is 3.22. The SMILES string of the molecule is O=C(NCCNc1ncccn1)c1sccc1SC(F)F. The number of halogens is 2. The summed E-state index contributed by atoms with van der Waals surface area (Å²) in [5.74, 6) is -2.43. The van der Waals surface area contributed by atoms with Crippen molar-refractivity contribution in [1.82, 2.24) is 15.3 Å². The number of carbonyl (C=O) groups is 1. The van der Waals surface area contributed by atoms with Gasteiger partial charge in [-0.2, -0.15) is 8.78 Å². The average molecular weight is 330 g/mol. The largest absolute Gasteiger partial charge is 0.352 e. The molecule has 0 atom stereocenters. The lowest BCUT2D eigenvalue weighted by Gasteiger charge is -2.07. The van der Waals surface area contributed by atoms with Crippen LogP contribution < -0.4 is 10.6 Å². The van der Waals surface area contributed by atoms with Crippen LogP contribution in [0.25, 0.3) is 0 Å². The quantitative estimate of drug-likeness (QED) is 0.603. The number of nitrogens with one attached hydrogen (secondary N) is 2. The van der Waals surface area contributed by atoms with Gasteiger partial charge in [-0.25, -0.2) is 9.97 Å². The summed E-state index contributed by atoms with van der Waals surface area (Å²) in [6.07, 6.45) is 3.21. The van der Waals surface area contributed by atoms with Crippen molar-refractivity contribution < 1.29 is 13.6 Å². The Kier molecular flexibility index (Phi) is 5.88. The highest BCUT2D eigenvalue weighted by Crippen LogP contribution is 2.31. The number of thioether (sulfide) groups is 1. The summed E-state index contributed by atoms with van der Waals surface area (Å²) >= 11 is 1.52. The predicted octanol–water partition coefficient (Wildman–Crippen LogP) is 2.69. The molecule has 2 heterocycles. The van der Waals surface area contributed by atoms with E-state index in [2.05, 4.69) is 20.6 Å². The number of thiophene rings is 1. The number of carbonyl (C=O) groups excluding carboxylic acids is 1. The highest BCUT2D eigenvalue weighted by Gasteiger charge is 2.16. The number of nitrogens with zero attached hydrogens (tertiary/aromatic N) is 2. The van der Waals surface area contributed by atoms with E-state index in [0.29, 0.717) is 40.6 Å². The molecule has 0 saturated carbocycles. The molecule has 2 rings (SSSR count). The van der Waals surface area contributed by atoms with Crippen LogP contribution in [0.15, 0.2) is 34.8 Å². The fourth-order valence-corrected chi connectivity index (χ4v) is 3.09. The monoisotopic (exact) mass is 330 g/mol. The highest BCUT2D eigenvalue weighted by molar-refractivity contribution is 7.99. The Morgan fingerprint density at radius 2 is 2.10 bits per heavy atom. The molecule has 2 N–H and O–H groups in total. The van der Waals surface area contributed by atoms with Gasteiger partial charge < -0.3 is 10.6 Å². The van der Waals surface area contributed by atoms with Gasteiger partial charge >= 0.3 is 0 Å². The molecule has 0 radical (unpaired) electrons. The summed E-state index contributed by atoms with van der Waals surface area (Å²) in [5.41, 5.74) is 0. The van der Waals surface area contributed by atoms with Crippen LogP contribution in [0.4, 0.5) is 14.7 Å². The first-order valence-electron chi connectivity index (χ1n) is 5.98. The molecular weight excluding hydrogens is 318 g/mol. The van der Waals surface area contributed by atoms with Gasteiger partial charge in [-0.1, -0.05) is 11.8 Å². The van der Waals surface area contributed by atoms with E-state index < -0.39 is 5.76 Å². The number of hydrogen-bond donors (Lipinski definition) is 2. The molecule has 5 nitrogen and oxygen atoms in total. The second-order valence-corrected chi connectivity index (χ2v) is 5.70. The lowest BCUT2D eigenvalue weighted by molar-refractivity contribution is 0.0956. The van der Waals surface area contributed by atoms with Gasteiger partial charge in [0.1, 0.15) is 4.88 Å². The van der Waals surface area contributed by atoms with Crippen LogP contribution in [0.5, 0.6) is 0 Å². The maximum atomic E-state index is 12.3. The maximum absolute atomic E-state index is 12.3. The summed E-state index contributed by atoms with van der Waals surface area (Å²) in [4.78, 5) is 20.4. The van der Waals surface area contributed by atoms with Crippen LogP contribution in [-0.4, -0.2) is 34.7 Å². The molecule has 2 aromatic rings. The van der Waals surface area contributed by atoms with Crippen molar-refractivity contribution in [3.8, 4) is 0 Å². The third-order valence-corrected chi connectivity index (χ3v) is 4.13. The summed E-state index contributed by atoms with van der Waals surface area (Å²) in [7, 11) is 0. The lowest BCUT2D eigenvalue weighted by atomic mass is 10.4. The molecule has 112 valence electrons. The molecule has 0 aliphatic carbocycles. The normalized spacial score (nSPS) is 10.6. The van der Waals surface area contributed by atoms with Gasteiger partial charge in [0.2, 0.25) is 5.95 Å². The molecule has 0 saturated heterocycles. The first kappa shape index (κ1) is 15.6. The first-order valence-corrected chi connectivity index (χ1v) is 7.74. The Hall–Kier alpha value is -1.74. The van der Waals surface area contributed by atoms with Crippen molar-refractivity contribution in [2.24, 2.45) is 0 Å². The molecule has 0 aliphatic rings. The van der Waals surface area contributed by atoms with E-state index in [0.717, 1.165) is 11.3 Å². The Bertz CT molecular complexity index is 580. The van der Waals surface area contributed by atoms with Crippen molar-refractivity contribution in [1.29, 1.82) is 0 Å². The molecule has 0 bridgehead atoms. The topological polar surface area (TPSA) is 66.9 Å². The highest BCUT2D eigenvalue weighted by atomic mass is 32.2. The lowest BCUT2D eigenvalue weighted by Crippen LogP contribution is -2.28. The summed E-state index contributed by atoms with van der Waals surface area (Å²) < 4.78 is 24.7. The van der Waals surface area contributed by atoms with Crippen LogP contribution >= 0.6 is 23.1 Å². The van der Waals surface area contributed by atoms with E-state index >= 15 is 0 Å². The average Bonchev–Trinajstić information content (AvgIpc) is 2.92. The molecule has 1 amide bonds. The number of alkyl halides is 2. The molecule has 21 heavy (non-hydrogen) atoms. The first-order chi connectivity index (χ1) is 10.2. The van der Waals surface area contributed by atoms with E-state index in [1.165, 1.54) is 6.07 Å². The predicted molar refractivity (Wildman–Crippen MR) is 79.0 cm³/mol. The van der Waals surface area contributed by atoms with Gasteiger partial charge in [0, 0.05) is 30.4 Å². The zero-order valence-electron chi connectivity index (χ0n) is 10.8. The van der Waals surface area contributed by atoms with Crippen LogP contribution in [0.2, 0.25) is 0 Å². The molecule has 0 fully saturated rings. The Morgan fingerprint density at radius 3 is 2.81 bits per heavy atom. The third-order valence-electron chi connectivity index (χ3n) is 2.31. The van der Waals surface area contributed by atoms with Crippen molar-refractivity contribution in [2.75, 3.05) is 18.4 Å². The van der Waals surface area contributed by atoms with Gasteiger partial charge in [-0.05, 0) is 17.5 Å². The standard InChI is InChI=1S/C12H12F2N4OS2/c13-11(14)21-8-2-7-20-9(8)10(19)15-5-6-18-12-16-3-1-4-17-12/h1-4,7,11H,5-6H2,(H,15,19)(H,16,17,18). The van der Waals surface area contributed by atoms with E-state index in [4.69, 9.17) is 0 Å². The third kappa shape index (κ3) is 4.94. The van der Waals surface area contributed by atoms with Gasteiger partial charge in [0.15, 0.2) is 0 Å². The minimum atomic E-state index is -2.54. The molecular formula is C12H12F2N4OS2. The molecule has 2 aromatic heterocycles. The second kappa shape index (κ2) is 7.89. The van der Waals surface area contributed by atoms with Gasteiger partial charge in [-0.3, -0.25) is 4.79 Å². The van der Waals surface area contributed by atoms with Crippen LogP contribution in [-0.2, 0) is 0 Å². The Morgan fingerprint density at radius 1 is 1.33 bits per heavy atom. The van der Waals surface area contributed by atoms with Gasteiger partial charge in [-0.15, -0.1) is 11.3 Å². The van der Waals surface area contributed by atoms with Crippen molar-refractivity contribution in [3.63, 3.8) is 0 Å². The fraction of sp³-hybridized carbons (Fsp3) is 0.250. The summed E-state index contributed by atoms with van der Waals surface area (Å²) in [5, 5.41) is 7.22. The molecule has 0 unspecified atom stereocenters. The minimum Gasteiger partial charge on any atom is -0.352 e. The molecule has 0 spiro atoms. The fourth-order valence-electron chi connectivity index (χ4n) is 1.47.